The van der Waals surface area contributed by atoms with Crippen molar-refractivity contribution in [2.45, 2.75) is 16.2 Å². The lowest BCUT2D eigenvalue weighted by Crippen LogP contribution is -2.11. The van der Waals surface area contributed by atoms with Crippen LogP contribution in [0.25, 0.3) is 0 Å². The summed E-state index contributed by atoms with van der Waals surface area (Å²) in [4.78, 5) is 13.6. The zero-order valence-electron chi connectivity index (χ0n) is 10.4. The molecular formula is C15H10N2O2S. The summed E-state index contributed by atoms with van der Waals surface area (Å²) in [7, 11) is 0. The predicted octanol–water partition coefficient (Wildman–Crippen LogP) is 3.33. The Labute approximate surface area is 120 Å². The molecule has 1 aliphatic heterocycles. The van der Waals surface area contributed by atoms with Gasteiger partial charge in [-0.2, -0.15) is 5.26 Å². The minimum absolute atomic E-state index is 0.186. The summed E-state index contributed by atoms with van der Waals surface area (Å²) in [5.74, 6) is -1.01. The monoisotopic (exact) mass is 282 g/mol. The Hall–Kier alpha value is -2.45. The standard InChI is InChI=1S/C15H10N2O2S/c16-8-17-11-5-6-13-10(14(11)15(18)19)7-9-3-1-2-4-12(9)20-13/h1-6,17H,7H2,(H,18,19). The van der Waals surface area contributed by atoms with Gasteiger partial charge in [0.1, 0.15) is 0 Å². The first-order chi connectivity index (χ1) is 9.70. The number of hydrogen-bond donors (Lipinski definition) is 2. The van der Waals surface area contributed by atoms with Crippen LogP contribution in [0.15, 0.2) is 46.2 Å². The molecule has 0 radical (unpaired) electrons. The number of rotatable bonds is 2. The van der Waals surface area contributed by atoms with E-state index in [0.29, 0.717) is 12.1 Å². The minimum atomic E-state index is -1.01. The third kappa shape index (κ3) is 2.00. The molecule has 0 atom stereocenters. The predicted molar refractivity (Wildman–Crippen MR) is 76.0 cm³/mol. The summed E-state index contributed by atoms with van der Waals surface area (Å²) in [6, 6.07) is 11.5. The average Bonchev–Trinajstić information content (AvgIpc) is 2.45. The Morgan fingerprint density at radius 3 is 2.80 bits per heavy atom. The maximum Gasteiger partial charge on any atom is 0.338 e. The molecule has 0 unspecified atom stereocenters. The van der Waals surface area contributed by atoms with Gasteiger partial charge in [0.25, 0.3) is 0 Å². The molecule has 0 aromatic heterocycles. The average molecular weight is 282 g/mol. The van der Waals surface area contributed by atoms with Crippen molar-refractivity contribution in [3.63, 3.8) is 0 Å². The summed E-state index contributed by atoms with van der Waals surface area (Å²) in [5, 5.41) is 20.6. The molecule has 1 aliphatic rings. The summed E-state index contributed by atoms with van der Waals surface area (Å²) in [5.41, 5.74) is 2.41. The van der Waals surface area contributed by atoms with Crippen LogP contribution in [0.5, 0.6) is 0 Å². The van der Waals surface area contributed by atoms with Crippen LogP contribution >= 0.6 is 11.8 Å². The molecule has 5 heteroatoms. The SMILES string of the molecule is N#CNc1ccc2c(c1C(=O)O)Cc1ccccc1S2. The molecule has 0 spiro atoms. The Morgan fingerprint density at radius 2 is 2.05 bits per heavy atom. The molecular weight excluding hydrogens is 272 g/mol. The maximum absolute atomic E-state index is 11.5. The van der Waals surface area contributed by atoms with Crippen LogP contribution in [-0.2, 0) is 6.42 Å². The number of nitrogens with one attached hydrogen (secondary N) is 1. The fourth-order valence-corrected chi connectivity index (χ4v) is 3.46. The summed E-state index contributed by atoms with van der Waals surface area (Å²) in [6.07, 6.45) is 2.36. The minimum Gasteiger partial charge on any atom is -0.478 e. The first kappa shape index (κ1) is 12.6. The first-order valence-electron chi connectivity index (χ1n) is 6.00. The van der Waals surface area contributed by atoms with Crippen LogP contribution in [-0.4, -0.2) is 11.1 Å². The maximum atomic E-state index is 11.5. The Balaban J connectivity index is 2.16. The van der Waals surface area contributed by atoms with Crippen molar-refractivity contribution in [1.29, 1.82) is 5.26 Å². The zero-order valence-corrected chi connectivity index (χ0v) is 11.2. The third-order valence-corrected chi connectivity index (χ3v) is 4.45. The highest BCUT2D eigenvalue weighted by molar-refractivity contribution is 7.99. The van der Waals surface area contributed by atoms with E-state index in [2.05, 4.69) is 5.32 Å². The highest BCUT2D eigenvalue weighted by Gasteiger charge is 2.24. The molecule has 4 nitrogen and oxygen atoms in total. The van der Waals surface area contributed by atoms with Gasteiger partial charge >= 0.3 is 5.97 Å². The van der Waals surface area contributed by atoms with Crippen molar-refractivity contribution in [2.75, 3.05) is 5.32 Å². The number of carboxylic acids is 1. The van der Waals surface area contributed by atoms with Crippen LogP contribution in [0.2, 0.25) is 0 Å². The van der Waals surface area contributed by atoms with Crippen molar-refractivity contribution in [2.24, 2.45) is 0 Å². The van der Waals surface area contributed by atoms with Gasteiger partial charge in [-0.1, -0.05) is 30.0 Å². The van der Waals surface area contributed by atoms with Gasteiger partial charge in [-0.25, -0.2) is 4.79 Å². The van der Waals surface area contributed by atoms with Crippen molar-refractivity contribution in [1.82, 2.24) is 0 Å². The normalized spacial score (nSPS) is 11.9. The zero-order chi connectivity index (χ0) is 14.1. The van der Waals surface area contributed by atoms with E-state index in [-0.39, 0.29) is 5.56 Å². The fourth-order valence-electron chi connectivity index (χ4n) is 2.37. The molecule has 0 amide bonds. The number of benzene rings is 2. The number of anilines is 1. The Bertz CT molecular complexity index is 750. The second kappa shape index (κ2) is 4.91. The Kier molecular flexibility index (Phi) is 3.09. The van der Waals surface area contributed by atoms with E-state index in [0.717, 1.165) is 20.9 Å². The van der Waals surface area contributed by atoms with E-state index in [1.165, 1.54) is 0 Å². The lowest BCUT2D eigenvalue weighted by molar-refractivity contribution is 0.0696. The topological polar surface area (TPSA) is 73.1 Å². The lowest BCUT2D eigenvalue weighted by atomic mass is 9.97. The second-order valence-corrected chi connectivity index (χ2v) is 5.48. The van der Waals surface area contributed by atoms with E-state index in [1.807, 2.05) is 30.3 Å². The first-order valence-corrected chi connectivity index (χ1v) is 6.82. The quantitative estimate of drug-likeness (QED) is 0.557. The van der Waals surface area contributed by atoms with E-state index in [9.17, 15) is 9.90 Å². The number of carboxylic acid groups (broad SMARTS) is 1. The molecule has 2 aromatic carbocycles. The number of fused-ring (bicyclic) bond motifs is 2. The summed E-state index contributed by atoms with van der Waals surface area (Å²) < 4.78 is 0. The van der Waals surface area contributed by atoms with Crippen molar-refractivity contribution in [3.8, 4) is 6.19 Å². The molecule has 0 aliphatic carbocycles. The molecule has 98 valence electrons. The number of hydrogen-bond acceptors (Lipinski definition) is 4. The van der Waals surface area contributed by atoms with Crippen molar-refractivity contribution in [3.05, 3.63) is 53.1 Å². The molecule has 0 saturated heterocycles. The molecule has 20 heavy (non-hydrogen) atoms. The fraction of sp³-hybridized carbons (Fsp3) is 0.0667. The van der Waals surface area contributed by atoms with Gasteiger partial charge in [-0.05, 0) is 29.3 Å². The molecule has 3 rings (SSSR count). The summed E-state index contributed by atoms with van der Waals surface area (Å²) >= 11 is 1.57. The smallest absolute Gasteiger partial charge is 0.338 e. The van der Waals surface area contributed by atoms with Crippen LogP contribution in [0, 0.1) is 11.5 Å². The molecule has 0 bridgehead atoms. The van der Waals surface area contributed by atoms with Gasteiger partial charge in [0, 0.05) is 16.2 Å². The van der Waals surface area contributed by atoms with E-state index in [1.54, 1.807) is 24.0 Å². The van der Waals surface area contributed by atoms with Gasteiger partial charge < -0.3 is 5.11 Å². The lowest BCUT2D eigenvalue weighted by Gasteiger charge is -2.21. The van der Waals surface area contributed by atoms with E-state index >= 15 is 0 Å². The van der Waals surface area contributed by atoms with Gasteiger partial charge in [-0.15, -0.1) is 0 Å². The van der Waals surface area contributed by atoms with Crippen LogP contribution < -0.4 is 5.32 Å². The van der Waals surface area contributed by atoms with E-state index < -0.39 is 5.97 Å². The number of nitrogens with zero attached hydrogens (tertiary/aromatic N) is 1. The van der Waals surface area contributed by atoms with Gasteiger partial charge in [0.2, 0.25) is 0 Å². The van der Waals surface area contributed by atoms with Gasteiger partial charge in [0.15, 0.2) is 6.19 Å². The van der Waals surface area contributed by atoms with E-state index in [4.69, 9.17) is 5.26 Å². The highest BCUT2D eigenvalue weighted by atomic mass is 32.2. The molecule has 2 aromatic rings. The van der Waals surface area contributed by atoms with Gasteiger partial charge in [0.05, 0.1) is 11.3 Å². The number of carbonyl (C=O) groups is 1. The van der Waals surface area contributed by atoms with Gasteiger partial charge in [-0.3, -0.25) is 5.32 Å². The van der Waals surface area contributed by atoms with Crippen LogP contribution in [0.4, 0.5) is 5.69 Å². The van der Waals surface area contributed by atoms with Crippen LogP contribution in [0.1, 0.15) is 21.5 Å². The molecule has 0 fully saturated rings. The number of nitriles is 1. The highest BCUT2D eigenvalue weighted by Crippen LogP contribution is 2.42. The number of aromatic carboxylic acids is 1. The largest absolute Gasteiger partial charge is 0.478 e. The van der Waals surface area contributed by atoms with Crippen LogP contribution in [0.3, 0.4) is 0 Å². The third-order valence-electron chi connectivity index (χ3n) is 3.23. The molecule has 0 saturated carbocycles. The van der Waals surface area contributed by atoms with Crippen molar-refractivity contribution < 1.29 is 9.90 Å². The Morgan fingerprint density at radius 1 is 1.25 bits per heavy atom. The summed E-state index contributed by atoms with van der Waals surface area (Å²) in [6.45, 7) is 0. The molecule has 1 heterocycles. The molecule has 2 N–H and O–H groups in total. The second-order valence-electron chi connectivity index (χ2n) is 4.39. The van der Waals surface area contributed by atoms with Crippen molar-refractivity contribution >= 4 is 23.4 Å².